The summed E-state index contributed by atoms with van der Waals surface area (Å²) in [7, 11) is 0. The summed E-state index contributed by atoms with van der Waals surface area (Å²) in [6.07, 6.45) is 2.72. The number of benzene rings is 1. The van der Waals surface area contributed by atoms with Gasteiger partial charge in [-0.2, -0.15) is 0 Å². The molecule has 0 N–H and O–H groups in total. The molecule has 0 aliphatic heterocycles. The van der Waals surface area contributed by atoms with Crippen molar-refractivity contribution in [3.05, 3.63) is 35.4 Å². The summed E-state index contributed by atoms with van der Waals surface area (Å²) >= 11 is 0. The Labute approximate surface area is 89.7 Å². The number of nitrogens with zero attached hydrogens (tertiary/aromatic N) is 1. The fraction of sp³-hybridized carbons (Fsp3) is 0.333. The van der Waals surface area contributed by atoms with Gasteiger partial charge in [0.05, 0.1) is 6.21 Å². The van der Waals surface area contributed by atoms with E-state index in [4.69, 9.17) is 0 Å². The quantitative estimate of drug-likeness (QED) is 0.430. The maximum Gasteiger partial charge on any atom is 0.335 e. The molecule has 0 saturated heterocycles. The standard InChI is InChI=1S/C12H15NO2/c1-3-4-12(14)15-13-9-11-7-5-10(2)6-8-11/h5-9H,3-4H2,1-2H3/b13-9+. The van der Waals surface area contributed by atoms with Crippen LogP contribution in [0.1, 0.15) is 30.9 Å². The monoisotopic (exact) mass is 205 g/mol. The summed E-state index contributed by atoms with van der Waals surface area (Å²) in [4.78, 5) is 15.6. The first kappa shape index (κ1) is 11.4. The normalized spacial score (nSPS) is 10.5. The minimum absolute atomic E-state index is 0.291. The largest absolute Gasteiger partial charge is 0.335 e. The van der Waals surface area contributed by atoms with Crippen molar-refractivity contribution in [1.29, 1.82) is 0 Å². The molecule has 0 aliphatic rings. The van der Waals surface area contributed by atoms with Crippen LogP contribution in [-0.4, -0.2) is 12.2 Å². The van der Waals surface area contributed by atoms with E-state index in [1.54, 1.807) is 0 Å². The second kappa shape index (κ2) is 5.96. The van der Waals surface area contributed by atoms with Crippen LogP contribution in [0.25, 0.3) is 0 Å². The van der Waals surface area contributed by atoms with Crippen molar-refractivity contribution in [2.75, 3.05) is 0 Å². The molecule has 3 nitrogen and oxygen atoms in total. The summed E-state index contributed by atoms with van der Waals surface area (Å²) in [6, 6.07) is 7.81. The topological polar surface area (TPSA) is 38.7 Å². The van der Waals surface area contributed by atoms with Gasteiger partial charge in [-0.25, -0.2) is 4.79 Å². The first-order chi connectivity index (χ1) is 7.22. The van der Waals surface area contributed by atoms with Gasteiger partial charge in [0.2, 0.25) is 0 Å². The number of hydrogen-bond donors (Lipinski definition) is 0. The van der Waals surface area contributed by atoms with Crippen molar-refractivity contribution in [2.45, 2.75) is 26.7 Å². The molecule has 0 unspecified atom stereocenters. The number of carbonyl (C=O) groups excluding carboxylic acids is 1. The third kappa shape index (κ3) is 4.40. The number of hydrogen-bond acceptors (Lipinski definition) is 3. The van der Waals surface area contributed by atoms with Gasteiger partial charge in [-0.05, 0) is 18.9 Å². The molecule has 0 aliphatic carbocycles. The third-order valence-corrected chi connectivity index (χ3v) is 1.89. The maximum atomic E-state index is 11.0. The molecule has 0 bridgehead atoms. The van der Waals surface area contributed by atoms with E-state index in [1.807, 2.05) is 38.1 Å². The molecule has 0 saturated carbocycles. The van der Waals surface area contributed by atoms with Crippen LogP contribution in [-0.2, 0) is 9.63 Å². The van der Waals surface area contributed by atoms with Crippen LogP contribution >= 0.6 is 0 Å². The van der Waals surface area contributed by atoms with Gasteiger partial charge < -0.3 is 4.84 Å². The summed E-state index contributed by atoms with van der Waals surface area (Å²) in [5.74, 6) is -0.291. The van der Waals surface area contributed by atoms with E-state index in [1.165, 1.54) is 11.8 Å². The van der Waals surface area contributed by atoms with Gasteiger partial charge in [-0.3, -0.25) is 0 Å². The lowest BCUT2D eigenvalue weighted by molar-refractivity contribution is -0.143. The van der Waals surface area contributed by atoms with Crippen LogP contribution in [0.3, 0.4) is 0 Å². The lowest BCUT2D eigenvalue weighted by Gasteiger charge is -1.95. The Balaban J connectivity index is 2.44. The summed E-state index contributed by atoms with van der Waals surface area (Å²) in [5.41, 5.74) is 2.11. The van der Waals surface area contributed by atoms with Crippen LogP contribution < -0.4 is 0 Å². The van der Waals surface area contributed by atoms with Crippen molar-refractivity contribution in [2.24, 2.45) is 5.16 Å². The summed E-state index contributed by atoms with van der Waals surface area (Å²) in [5, 5.41) is 3.62. The second-order valence-corrected chi connectivity index (χ2v) is 3.36. The first-order valence-electron chi connectivity index (χ1n) is 5.02. The molecular weight excluding hydrogens is 190 g/mol. The number of rotatable bonds is 4. The zero-order valence-electron chi connectivity index (χ0n) is 9.06. The molecule has 3 heteroatoms. The molecule has 15 heavy (non-hydrogen) atoms. The average Bonchev–Trinajstić information content (AvgIpc) is 2.21. The fourth-order valence-corrected chi connectivity index (χ4v) is 1.05. The molecule has 80 valence electrons. The Kier molecular flexibility index (Phi) is 4.54. The highest BCUT2D eigenvalue weighted by molar-refractivity contribution is 5.80. The molecule has 0 radical (unpaired) electrons. The number of aryl methyl sites for hydroxylation is 1. The molecule has 0 fully saturated rings. The highest BCUT2D eigenvalue weighted by Crippen LogP contribution is 2.00. The molecule has 0 aromatic heterocycles. The molecule has 0 spiro atoms. The van der Waals surface area contributed by atoms with E-state index in [2.05, 4.69) is 9.99 Å². The van der Waals surface area contributed by atoms with Gasteiger partial charge in [0, 0.05) is 6.42 Å². The average molecular weight is 205 g/mol. The lowest BCUT2D eigenvalue weighted by Crippen LogP contribution is -1.98. The van der Waals surface area contributed by atoms with Crippen molar-refractivity contribution in [3.8, 4) is 0 Å². The highest BCUT2D eigenvalue weighted by atomic mass is 16.7. The Bertz CT molecular complexity index is 341. The molecule has 1 aromatic rings. The van der Waals surface area contributed by atoms with E-state index in [0.29, 0.717) is 6.42 Å². The van der Waals surface area contributed by atoms with Crippen LogP contribution in [0.5, 0.6) is 0 Å². The molecule has 1 rings (SSSR count). The molecule has 1 aromatic carbocycles. The van der Waals surface area contributed by atoms with Crippen LogP contribution in [0.15, 0.2) is 29.4 Å². The Hall–Kier alpha value is -1.64. The lowest BCUT2D eigenvalue weighted by atomic mass is 10.2. The fourth-order valence-electron chi connectivity index (χ4n) is 1.05. The molecular formula is C12H15NO2. The van der Waals surface area contributed by atoms with E-state index in [0.717, 1.165) is 12.0 Å². The van der Waals surface area contributed by atoms with Crippen LogP contribution in [0.4, 0.5) is 0 Å². The van der Waals surface area contributed by atoms with Gasteiger partial charge >= 0.3 is 5.97 Å². The van der Waals surface area contributed by atoms with Crippen LogP contribution in [0, 0.1) is 6.92 Å². The van der Waals surface area contributed by atoms with Gasteiger partial charge in [-0.1, -0.05) is 41.9 Å². The summed E-state index contributed by atoms with van der Waals surface area (Å²) < 4.78 is 0. The van der Waals surface area contributed by atoms with Gasteiger partial charge in [0.1, 0.15) is 0 Å². The minimum Gasteiger partial charge on any atom is -0.318 e. The zero-order chi connectivity index (χ0) is 11.1. The maximum absolute atomic E-state index is 11.0. The van der Waals surface area contributed by atoms with Gasteiger partial charge in [-0.15, -0.1) is 0 Å². The van der Waals surface area contributed by atoms with E-state index in [9.17, 15) is 4.79 Å². The number of oxime groups is 1. The van der Waals surface area contributed by atoms with Gasteiger partial charge in [0.15, 0.2) is 0 Å². The third-order valence-electron chi connectivity index (χ3n) is 1.89. The molecule has 0 amide bonds. The Morgan fingerprint density at radius 1 is 1.40 bits per heavy atom. The van der Waals surface area contributed by atoms with Crippen molar-refractivity contribution >= 4 is 12.2 Å². The smallest absolute Gasteiger partial charge is 0.318 e. The Morgan fingerprint density at radius 2 is 2.07 bits per heavy atom. The predicted octanol–water partition coefficient (Wildman–Crippen LogP) is 2.67. The van der Waals surface area contributed by atoms with E-state index < -0.39 is 0 Å². The van der Waals surface area contributed by atoms with Gasteiger partial charge in [0.25, 0.3) is 0 Å². The number of carbonyl (C=O) groups is 1. The van der Waals surface area contributed by atoms with Crippen molar-refractivity contribution in [3.63, 3.8) is 0 Å². The minimum atomic E-state index is -0.291. The van der Waals surface area contributed by atoms with Crippen LogP contribution in [0.2, 0.25) is 0 Å². The molecule has 0 atom stereocenters. The predicted molar refractivity (Wildman–Crippen MR) is 59.8 cm³/mol. The van der Waals surface area contributed by atoms with Crippen molar-refractivity contribution < 1.29 is 9.63 Å². The first-order valence-corrected chi connectivity index (χ1v) is 5.02. The summed E-state index contributed by atoms with van der Waals surface area (Å²) in [6.45, 7) is 3.94. The molecule has 0 heterocycles. The second-order valence-electron chi connectivity index (χ2n) is 3.36. The van der Waals surface area contributed by atoms with E-state index >= 15 is 0 Å². The highest BCUT2D eigenvalue weighted by Gasteiger charge is 1.97. The Morgan fingerprint density at radius 3 is 2.67 bits per heavy atom. The van der Waals surface area contributed by atoms with Crippen molar-refractivity contribution in [1.82, 2.24) is 0 Å². The zero-order valence-corrected chi connectivity index (χ0v) is 9.06. The van der Waals surface area contributed by atoms with E-state index in [-0.39, 0.29) is 5.97 Å². The SMILES string of the molecule is CCCC(=O)O/N=C/c1ccc(C)cc1.